The molecular weight excluding hydrogens is 358 g/mol. The molecule has 28 heavy (non-hydrogen) atoms. The lowest BCUT2D eigenvalue weighted by Gasteiger charge is -2.38. The molecule has 152 valence electrons. The first-order valence-electron chi connectivity index (χ1n) is 10.5. The molecule has 1 aromatic heterocycles. The first kappa shape index (κ1) is 19.2. The maximum atomic E-state index is 13.0. The molecule has 7 heteroatoms. The second-order valence-electron chi connectivity index (χ2n) is 8.28. The maximum Gasteiger partial charge on any atom is 0.349 e. The highest BCUT2D eigenvalue weighted by molar-refractivity contribution is 5.95. The highest BCUT2D eigenvalue weighted by Gasteiger charge is 2.33. The first-order valence-corrected chi connectivity index (χ1v) is 10.5. The molecule has 2 amide bonds. The third-order valence-electron chi connectivity index (χ3n) is 6.41. The molecule has 4 rings (SSSR count). The Morgan fingerprint density at radius 2 is 1.79 bits per heavy atom. The van der Waals surface area contributed by atoms with Crippen LogP contribution in [0.1, 0.15) is 59.7 Å². The molecule has 0 radical (unpaired) electrons. The van der Waals surface area contributed by atoms with Gasteiger partial charge in [-0.2, -0.15) is 0 Å². The van der Waals surface area contributed by atoms with Crippen LogP contribution in [0.25, 0.3) is 0 Å². The number of nitrogens with zero attached hydrogens (tertiary/aromatic N) is 2. The fraction of sp³-hybridized carbons (Fsp3) is 0.667. The molecule has 0 spiro atoms. The summed E-state index contributed by atoms with van der Waals surface area (Å²) >= 11 is 0. The van der Waals surface area contributed by atoms with Gasteiger partial charge >= 0.3 is 5.63 Å². The highest BCUT2D eigenvalue weighted by atomic mass is 16.4. The number of hydrogen-bond acceptors (Lipinski definition) is 5. The minimum Gasteiger partial charge on any atom is -0.427 e. The SMILES string of the molecule is Cc1cc(C2CCCNC2)oc(=O)c1C(=O)N1CCN(C(=O)C2CCC2)CC1. The Bertz CT molecular complexity index is 800. The van der Waals surface area contributed by atoms with Crippen LogP contribution in [-0.2, 0) is 4.79 Å². The minimum absolute atomic E-state index is 0.131. The molecule has 1 saturated carbocycles. The Kier molecular flexibility index (Phi) is 5.53. The molecule has 0 aromatic carbocycles. The number of rotatable bonds is 3. The van der Waals surface area contributed by atoms with Gasteiger partial charge in [-0.3, -0.25) is 9.59 Å². The van der Waals surface area contributed by atoms with Crippen molar-refractivity contribution in [1.82, 2.24) is 15.1 Å². The van der Waals surface area contributed by atoms with Crippen molar-refractivity contribution in [1.29, 1.82) is 0 Å². The lowest BCUT2D eigenvalue weighted by molar-refractivity contribution is -0.139. The van der Waals surface area contributed by atoms with Gasteiger partial charge in [0.1, 0.15) is 11.3 Å². The summed E-state index contributed by atoms with van der Waals surface area (Å²) in [6, 6.07) is 1.85. The van der Waals surface area contributed by atoms with Gasteiger partial charge in [0.25, 0.3) is 5.91 Å². The van der Waals surface area contributed by atoms with Gasteiger partial charge in [0.2, 0.25) is 5.91 Å². The van der Waals surface area contributed by atoms with Crippen LogP contribution in [0.5, 0.6) is 0 Å². The Hall–Kier alpha value is -2.15. The third-order valence-corrected chi connectivity index (χ3v) is 6.41. The van der Waals surface area contributed by atoms with Crippen LogP contribution in [0.2, 0.25) is 0 Å². The van der Waals surface area contributed by atoms with Crippen molar-refractivity contribution in [3.05, 3.63) is 33.4 Å². The van der Waals surface area contributed by atoms with Crippen molar-refractivity contribution in [2.75, 3.05) is 39.3 Å². The van der Waals surface area contributed by atoms with Crippen LogP contribution in [0.3, 0.4) is 0 Å². The molecule has 1 aliphatic carbocycles. The Labute approximate surface area is 165 Å². The molecule has 2 saturated heterocycles. The third kappa shape index (κ3) is 3.72. The summed E-state index contributed by atoms with van der Waals surface area (Å²) in [4.78, 5) is 41.5. The summed E-state index contributed by atoms with van der Waals surface area (Å²) in [7, 11) is 0. The van der Waals surface area contributed by atoms with Crippen LogP contribution < -0.4 is 10.9 Å². The van der Waals surface area contributed by atoms with Crippen molar-refractivity contribution in [2.24, 2.45) is 5.92 Å². The summed E-state index contributed by atoms with van der Waals surface area (Å²) in [6.45, 7) is 5.60. The predicted molar refractivity (Wildman–Crippen MR) is 104 cm³/mol. The van der Waals surface area contributed by atoms with Crippen molar-refractivity contribution in [3.63, 3.8) is 0 Å². The van der Waals surface area contributed by atoms with E-state index in [1.54, 1.807) is 11.8 Å². The van der Waals surface area contributed by atoms with E-state index >= 15 is 0 Å². The Morgan fingerprint density at radius 3 is 2.36 bits per heavy atom. The lowest BCUT2D eigenvalue weighted by atomic mass is 9.84. The van der Waals surface area contributed by atoms with E-state index in [4.69, 9.17) is 4.42 Å². The molecule has 3 aliphatic rings. The van der Waals surface area contributed by atoms with Gasteiger partial charge in [-0.05, 0) is 50.8 Å². The van der Waals surface area contributed by atoms with Crippen LogP contribution >= 0.6 is 0 Å². The summed E-state index contributed by atoms with van der Waals surface area (Å²) < 4.78 is 5.55. The van der Waals surface area contributed by atoms with Gasteiger partial charge < -0.3 is 19.5 Å². The Balaban J connectivity index is 1.43. The van der Waals surface area contributed by atoms with Crippen molar-refractivity contribution >= 4 is 11.8 Å². The van der Waals surface area contributed by atoms with Crippen LogP contribution in [0.15, 0.2) is 15.3 Å². The van der Waals surface area contributed by atoms with Gasteiger partial charge in [0.05, 0.1) is 0 Å². The largest absolute Gasteiger partial charge is 0.427 e. The van der Waals surface area contributed by atoms with E-state index in [-0.39, 0.29) is 29.2 Å². The van der Waals surface area contributed by atoms with Crippen molar-refractivity contribution in [3.8, 4) is 0 Å². The number of carbonyl (C=O) groups is 2. The fourth-order valence-corrected chi connectivity index (χ4v) is 4.39. The number of hydrogen-bond donors (Lipinski definition) is 1. The van der Waals surface area contributed by atoms with E-state index in [2.05, 4.69) is 5.32 Å². The second-order valence-corrected chi connectivity index (χ2v) is 8.28. The van der Waals surface area contributed by atoms with Crippen molar-refractivity contribution < 1.29 is 14.0 Å². The van der Waals surface area contributed by atoms with E-state index in [0.717, 1.165) is 45.2 Å². The smallest absolute Gasteiger partial charge is 0.349 e. The zero-order valence-electron chi connectivity index (χ0n) is 16.5. The molecule has 2 aliphatic heterocycles. The first-order chi connectivity index (χ1) is 13.5. The molecule has 1 N–H and O–H groups in total. The average molecular weight is 387 g/mol. The van der Waals surface area contributed by atoms with Gasteiger partial charge in [0, 0.05) is 44.6 Å². The van der Waals surface area contributed by atoms with Crippen LogP contribution in [-0.4, -0.2) is 60.9 Å². The van der Waals surface area contributed by atoms with Crippen molar-refractivity contribution in [2.45, 2.75) is 44.9 Å². The summed E-state index contributed by atoms with van der Waals surface area (Å²) in [5, 5.41) is 3.32. The summed E-state index contributed by atoms with van der Waals surface area (Å²) in [6.07, 6.45) is 5.15. The van der Waals surface area contributed by atoms with E-state index < -0.39 is 5.63 Å². The number of amides is 2. The average Bonchev–Trinajstić information content (AvgIpc) is 2.66. The quantitative estimate of drug-likeness (QED) is 0.850. The Morgan fingerprint density at radius 1 is 1.07 bits per heavy atom. The maximum absolute atomic E-state index is 13.0. The number of nitrogens with one attached hydrogen (secondary N) is 1. The van der Waals surface area contributed by atoms with E-state index in [1.807, 2.05) is 11.0 Å². The number of aryl methyl sites for hydroxylation is 1. The second kappa shape index (κ2) is 8.07. The van der Waals surface area contributed by atoms with E-state index in [9.17, 15) is 14.4 Å². The predicted octanol–water partition coefficient (Wildman–Crippen LogP) is 1.50. The molecular formula is C21H29N3O4. The topological polar surface area (TPSA) is 82.9 Å². The summed E-state index contributed by atoms with van der Waals surface area (Å²) in [5.74, 6) is 0.973. The van der Waals surface area contributed by atoms with Gasteiger partial charge in [-0.25, -0.2) is 4.79 Å². The molecule has 0 bridgehead atoms. The molecule has 7 nitrogen and oxygen atoms in total. The zero-order valence-corrected chi connectivity index (χ0v) is 16.5. The zero-order chi connectivity index (χ0) is 19.7. The monoisotopic (exact) mass is 387 g/mol. The molecule has 1 unspecified atom stereocenters. The number of carbonyl (C=O) groups excluding carboxylic acids is 2. The highest BCUT2D eigenvalue weighted by Crippen LogP contribution is 2.29. The number of piperidine rings is 1. The van der Waals surface area contributed by atoms with Crippen LogP contribution in [0, 0.1) is 12.8 Å². The molecule has 3 heterocycles. The molecule has 1 atom stereocenters. The minimum atomic E-state index is -0.543. The molecule has 3 fully saturated rings. The van der Waals surface area contributed by atoms with Gasteiger partial charge in [-0.1, -0.05) is 6.42 Å². The fourth-order valence-electron chi connectivity index (χ4n) is 4.39. The standard InChI is InChI=1S/C21H29N3O4/c1-14-12-17(16-6-3-7-22-13-16)28-21(27)18(14)20(26)24-10-8-23(9-11-24)19(25)15-4-2-5-15/h12,15-16,22H,2-11,13H2,1H3. The number of piperazine rings is 1. The van der Waals surface area contributed by atoms with E-state index in [0.29, 0.717) is 37.5 Å². The van der Waals surface area contributed by atoms with Crippen LogP contribution in [0.4, 0.5) is 0 Å². The van der Waals surface area contributed by atoms with E-state index in [1.165, 1.54) is 0 Å². The summed E-state index contributed by atoms with van der Waals surface area (Å²) in [5.41, 5.74) is 0.264. The molecule has 1 aromatic rings. The van der Waals surface area contributed by atoms with Gasteiger partial charge in [0.15, 0.2) is 0 Å². The lowest BCUT2D eigenvalue weighted by Crippen LogP contribution is -2.53. The normalized spacial score (nSPS) is 23.4. The van der Waals surface area contributed by atoms with Gasteiger partial charge in [-0.15, -0.1) is 0 Å².